The fraction of sp³-hybridized carbons (Fsp3) is 0.176. The largest absolute Gasteiger partial charge is 0.504 e. The molecule has 0 radical (unpaired) electrons. The summed E-state index contributed by atoms with van der Waals surface area (Å²) in [5.41, 5.74) is 0.919. The van der Waals surface area contributed by atoms with Gasteiger partial charge in [0, 0.05) is 12.0 Å². The average molecular weight is 300 g/mol. The van der Waals surface area contributed by atoms with Gasteiger partial charge in [-0.1, -0.05) is 24.8 Å². The highest BCUT2D eigenvalue weighted by atomic mass is 16.5. The van der Waals surface area contributed by atoms with Gasteiger partial charge in [0.2, 0.25) is 0 Å². The van der Waals surface area contributed by atoms with Crippen LogP contribution in [-0.2, 0) is 20.7 Å². The molecule has 0 aliphatic heterocycles. The second kappa shape index (κ2) is 6.30. The zero-order chi connectivity index (χ0) is 16.3. The Kier molecular flexibility index (Phi) is 4.46. The number of ether oxygens (including phenoxy) is 1. The smallest absolute Gasteiger partial charge is 0.333 e. The van der Waals surface area contributed by atoms with Crippen LogP contribution in [0.2, 0.25) is 0 Å². The van der Waals surface area contributed by atoms with Gasteiger partial charge in [0.05, 0.1) is 0 Å². The van der Waals surface area contributed by atoms with Crippen LogP contribution in [0.5, 0.6) is 11.5 Å². The van der Waals surface area contributed by atoms with Gasteiger partial charge < -0.3 is 14.9 Å². The first-order valence-corrected chi connectivity index (χ1v) is 6.66. The predicted octanol–water partition coefficient (Wildman–Crippen LogP) is 2.48. The van der Waals surface area contributed by atoms with Crippen LogP contribution in [0.15, 0.2) is 42.5 Å². The lowest BCUT2D eigenvalue weighted by molar-refractivity contribution is -0.143. The molecule has 2 N–H and O–H groups in total. The van der Waals surface area contributed by atoms with E-state index >= 15 is 0 Å². The molecule has 114 valence electrons. The van der Waals surface area contributed by atoms with Gasteiger partial charge in [-0.3, -0.25) is 4.79 Å². The van der Waals surface area contributed by atoms with Gasteiger partial charge >= 0.3 is 5.97 Å². The Balaban J connectivity index is 2.18. The quantitative estimate of drug-likeness (QED) is 0.503. The first-order valence-electron chi connectivity index (χ1n) is 6.66. The van der Waals surface area contributed by atoms with Gasteiger partial charge in [-0.2, -0.15) is 0 Å². The van der Waals surface area contributed by atoms with Crippen LogP contribution in [0.3, 0.4) is 0 Å². The number of ketones is 1. The van der Waals surface area contributed by atoms with E-state index in [1.165, 1.54) is 19.1 Å². The monoisotopic (exact) mass is 300 g/mol. The minimum Gasteiger partial charge on any atom is -0.504 e. The molecular weight excluding hydrogens is 284 g/mol. The normalized spacial score (nSPS) is 10.4. The summed E-state index contributed by atoms with van der Waals surface area (Å²) in [6.07, 6.45) is 0.0605. The SMILES string of the molecule is C=C(C)C(=O)OCC(=O)Cc1cccc2cc(O)c(O)cc12. The summed E-state index contributed by atoms with van der Waals surface area (Å²) in [5, 5.41) is 20.5. The van der Waals surface area contributed by atoms with Crippen LogP contribution in [0.4, 0.5) is 0 Å². The van der Waals surface area contributed by atoms with Gasteiger partial charge in [-0.25, -0.2) is 4.79 Å². The fourth-order valence-corrected chi connectivity index (χ4v) is 2.05. The number of hydrogen-bond donors (Lipinski definition) is 2. The second-order valence-corrected chi connectivity index (χ2v) is 5.05. The Labute approximate surface area is 127 Å². The number of benzene rings is 2. The van der Waals surface area contributed by atoms with Crippen LogP contribution in [-0.4, -0.2) is 28.6 Å². The molecule has 22 heavy (non-hydrogen) atoms. The summed E-state index contributed by atoms with van der Waals surface area (Å²) in [6.45, 7) is 4.62. The van der Waals surface area contributed by atoms with Gasteiger partial charge in [-0.15, -0.1) is 0 Å². The Bertz CT molecular complexity index is 761. The molecule has 5 heteroatoms. The van der Waals surface area contributed by atoms with Crippen LogP contribution in [0, 0.1) is 0 Å². The minimum atomic E-state index is -0.603. The number of carbonyl (C=O) groups is 2. The Morgan fingerprint density at radius 3 is 2.55 bits per heavy atom. The van der Waals surface area contributed by atoms with Crippen molar-refractivity contribution in [3.63, 3.8) is 0 Å². The van der Waals surface area contributed by atoms with Crippen molar-refractivity contribution >= 4 is 22.5 Å². The maximum absolute atomic E-state index is 11.9. The number of phenolic OH excluding ortho intramolecular Hbond substituents is 2. The lowest BCUT2D eigenvalue weighted by atomic mass is 10.00. The molecule has 0 heterocycles. The number of esters is 1. The zero-order valence-corrected chi connectivity index (χ0v) is 12.1. The number of fused-ring (bicyclic) bond motifs is 1. The summed E-state index contributed by atoms with van der Waals surface area (Å²) >= 11 is 0. The number of hydrogen-bond acceptors (Lipinski definition) is 5. The molecule has 0 amide bonds. The zero-order valence-electron chi connectivity index (χ0n) is 12.1. The highest BCUT2D eigenvalue weighted by molar-refractivity contribution is 5.94. The van der Waals surface area contributed by atoms with Crippen molar-refractivity contribution in [1.29, 1.82) is 0 Å². The van der Waals surface area contributed by atoms with Crippen LogP contribution in [0.25, 0.3) is 10.8 Å². The molecule has 2 aromatic carbocycles. The Hall–Kier alpha value is -2.82. The van der Waals surface area contributed by atoms with Crippen LogP contribution < -0.4 is 0 Å². The van der Waals surface area contributed by atoms with E-state index in [1.807, 2.05) is 0 Å². The molecule has 0 saturated heterocycles. The first-order chi connectivity index (χ1) is 10.4. The van der Waals surface area contributed by atoms with Gasteiger partial charge in [0.25, 0.3) is 0 Å². The van der Waals surface area contributed by atoms with E-state index in [0.29, 0.717) is 16.3 Å². The average Bonchev–Trinajstić information content (AvgIpc) is 2.46. The summed E-state index contributed by atoms with van der Waals surface area (Å²) in [4.78, 5) is 23.2. The lowest BCUT2D eigenvalue weighted by Gasteiger charge is -2.08. The van der Waals surface area contributed by atoms with Crippen molar-refractivity contribution in [1.82, 2.24) is 0 Å². The molecule has 0 fully saturated rings. The highest BCUT2D eigenvalue weighted by Gasteiger charge is 2.12. The fourth-order valence-electron chi connectivity index (χ4n) is 2.05. The third-order valence-electron chi connectivity index (χ3n) is 3.17. The highest BCUT2D eigenvalue weighted by Crippen LogP contribution is 2.32. The van der Waals surface area contributed by atoms with Crippen molar-refractivity contribution in [2.75, 3.05) is 6.61 Å². The Morgan fingerprint density at radius 2 is 1.86 bits per heavy atom. The Morgan fingerprint density at radius 1 is 1.18 bits per heavy atom. The van der Waals surface area contributed by atoms with Gasteiger partial charge in [0.15, 0.2) is 23.9 Å². The third-order valence-corrected chi connectivity index (χ3v) is 3.17. The minimum absolute atomic E-state index is 0.0605. The van der Waals surface area contributed by atoms with E-state index in [0.717, 1.165) is 0 Å². The molecule has 0 aliphatic rings. The number of Topliss-reactive ketones (excluding diaryl/α,β-unsaturated/α-hetero) is 1. The molecule has 0 spiro atoms. The topological polar surface area (TPSA) is 83.8 Å². The predicted molar refractivity (Wildman–Crippen MR) is 81.8 cm³/mol. The molecule has 0 aromatic heterocycles. The van der Waals surface area contributed by atoms with Crippen molar-refractivity contribution < 1.29 is 24.5 Å². The number of carbonyl (C=O) groups excluding carboxylic acids is 2. The summed E-state index contributed by atoms with van der Waals surface area (Å²) < 4.78 is 4.81. The van der Waals surface area contributed by atoms with E-state index in [2.05, 4.69) is 6.58 Å². The van der Waals surface area contributed by atoms with Crippen molar-refractivity contribution in [3.8, 4) is 11.5 Å². The lowest BCUT2D eigenvalue weighted by Crippen LogP contribution is -2.16. The second-order valence-electron chi connectivity index (χ2n) is 5.05. The van der Waals surface area contributed by atoms with Crippen LogP contribution >= 0.6 is 0 Å². The third kappa shape index (κ3) is 3.44. The number of aromatic hydroxyl groups is 2. The van der Waals surface area contributed by atoms with Crippen LogP contribution in [0.1, 0.15) is 12.5 Å². The maximum Gasteiger partial charge on any atom is 0.333 e. The number of rotatable bonds is 5. The molecule has 2 rings (SSSR count). The molecule has 2 aromatic rings. The van der Waals surface area contributed by atoms with Crippen molar-refractivity contribution in [2.45, 2.75) is 13.3 Å². The van der Waals surface area contributed by atoms with E-state index in [9.17, 15) is 19.8 Å². The summed E-state index contributed by atoms with van der Waals surface area (Å²) in [5.74, 6) is -1.34. The van der Waals surface area contributed by atoms with E-state index in [-0.39, 0.29) is 35.9 Å². The molecular formula is C17H16O5. The van der Waals surface area contributed by atoms with E-state index < -0.39 is 5.97 Å². The standard InChI is InChI=1S/C17H16O5/c1-10(2)17(21)22-9-13(18)6-11-4-3-5-12-7-15(19)16(20)8-14(11)12/h3-5,7-8,19-20H,1,6,9H2,2H3. The van der Waals surface area contributed by atoms with Crippen molar-refractivity contribution in [2.24, 2.45) is 0 Å². The molecule has 0 aliphatic carbocycles. The molecule has 0 atom stereocenters. The molecule has 0 bridgehead atoms. The number of phenols is 2. The first kappa shape index (κ1) is 15.6. The van der Waals surface area contributed by atoms with E-state index in [1.54, 1.807) is 18.2 Å². The van der Waals surface area contributed by atoms with Gasteiger partial charge in [0.1, 0.15) is 0 Å². The maximum atomic E-state index is 11.9. The molecule has 0 unspecified atom stereocenters. The molecule has 0 saturated carbocycles. The van der Waals surface area contributed by atoms with Crippen molar-refractivity contribution in [3.05, 3.63) is 48.0 Å². The summed E-state index contributed by atoms with van der Waals surface area (Å²) in [7, 11) is 0. The van der Waals surface area contributed by atoms with Gasteiger partial charge in [-0.05, 0) is 35.4 Å². The summed E-state index contributed by atoms with van der Waals surface area (Å²) in [6, 6.07) is 8.11. The molecule has 5 nitrogen and oxygen atoms in total. The van der Waals surface area contributed by atoms with E-state index in [4.69, 9.17) is 4.74 Å².